The summed E-state index contributed by atoms with van der Waals surface area (Å²) < 4.78 is 0. The van der Waals surface area contributed by atoms with Gasteiger partial charge in [-0.25, -0.2) is 0 Å². The normalized spacial score (nSPS) is 12.4. The van der Waals surface area contributed by atoms with Crippen molar-refractivity contribution in [1.29, 1.82) is 0 Å². The van der Waals surface area contributed by atoms with E-state index in [4.69, 9.17) is 0 Å². The van der Waals surface area contributed by atoms with Gasteiger partial charge in [0.05, 0.1) is 6.04 Å². The Bertz CT molecular complexity index is 523. The van der Waals surface area contributed by atoms with Crippen LogP contribution in [0.1, 0.15) is 40.9 Å². The van der Waals surface area contributed by atoms with E-state index < -0.39 is 0 Å². The van der Waals surface area contributed by atoms with Gasteiger partial charge in [0, 0.05) is 11.9 Å². The number of nitrogens with one attached hydrogen (secondary N) is 1. The molecular weight excluding hydrogens is 232 g/mol. The van der Waals surface area contributed by atoms with E-state index in [9.17, 15) is 0 Å². The van der Waals surface area contributed by atoms with E-state index in [1.54, 1.807) is 0 Å². The molecule has 100 valence electrons. The van der Waals surface area contributed by atoms with E-state index in [0.717, 1.165) is 12.2 Å². The van der Waals surface area contributed by atoms with Crippen LogP contribution in [0.2, 0.25) is 0 Å². The molecule has 2 nitrogen and oxygen atoms in total. The van der Waals surface area contributed by atoms with Gasteiger partial charge in [-0.1, -0.05) is 31.2 Å². The van der Waals surface area contributed by atoms with Gasteiger partial charge in [-0.2, -0.15) is 0 Å². The van der Waals surface area contributed by atoms with E-state index in [-0.39, 0.29) is 6.04 Å². The molecule has 0 aliphatic carbocycles. The number of hydrogen-bond donors (Lipinski definition) is 1. The number of pyridine rings is 1. The van der Waals surface area contributed by atoms with Crippen LogP contribution in [0, 0.1) is 20.8 Å². The van der Waals surface area contributed by atoms with Gasteiger partial charge in [-0.05, 0) is 55.6 Å². The lowest BCUT2D eigenvalue weighted by atomic mass is 9.92. The van der Waals surface area contributed by atoms with Gasteiger partial charge in [-0.3, -0.25) is 4.98 Å². The summed E-state index contributed by atoms with van der Waals surface area (Å²) in [5, 5.41) is 3.58. The predicted molar refractivity (Wildman–Crippen MR) is 80.4 cm³/mol. The van der Waals surface area contributed by atoms with Crippen LogP contribution in [0.4, 0.5) is 0 Å². The zero-order chi connectivity index (χ0) is 13.8. The standard InChI is InChI=1S/C17H22N2/c1-5-18-17(15-10-9-14(4)19-11-15)16-12(2)7-6-8-13(16)3/h6-11,17-18H,5H2,1-4H3. The van der Waals surface area contributed by atoms with Crippen molar-refractivity contribution in [3.63, 3.8) is 0 Å². The number of nitrogens with zero attached hydrogens (tertiary/aromatic N) is 1. The van der Waals surface area contributed by atoms with E-state index in [1.807, 2.05) is 13.1 Å². The average Bonchev–Trinajstić information content (AvgIpc) is 2.38. The lowest BCUT2D eigenvalue weighted by Gasteiger charge is -2.22. The maximum absolute atomic E-state index is 4.43. The molecule has 0 aliphatic heterocycles. The third kappa shape index (κ3) is 3.02. The largest absolute Gasteiger partial charge is 0.306 e. The predicted octanol–water partition coefficient (Wildman–Crippen LogP) is 3.71. The molecule has 19 heavy (non-hydrogen) atoms. The number of benzene rings is 1. The van der Waals surface area contributed by atoms with Crippen molar-refractivity contribution in [2.45, 2.75) is 33.7 Å². The lowest BCUT2D eigenvalue weighted by Crippen LogP contribution is -2.23. The summed E-state index contributed by atoms with van der Waals surface area (Å²) >= 11 is 0. The molecule has 1 unspecified atom stereocenters. The van der Waals surface area contributed by atoms with Crippen LogP contribution < -0.4 is 5.32 Å². The maximum Gasteiger partial charge on any atom is 0.0597 e. The van der Waals surface area contributed by atoms with E-state index >= 15 is 0 Å². The quantitative estimate of drug-likeness (QED) is 0.899. The molecule has 0 aliphatic rings. The fourth-order valence-corrected chi connectivity index (χ4v) is 2.52. The average molecular weight is 254 g/mol. The Hall–Kier alpha value is -1.67. The molecule has 2 rings (SSSR count). The smallest absolute Gasteiger partial charge is 0.0597 e. The second-order valence-corrected chi connectivity index (χ2v) is 5.03. The Balaban J connectivity index is 2.48. The Kier molecular flexibility index (Phi) is 4.33. The van der Waals surface area contributed by atoms with Gasteiger partial charge in [-0.15, -0.1) is 0 Å². The van der Waals surface area contributed by atoms with Gasteiger partial charge in [0.1, 0.15) is 0 Å². The van der Waals surface area contributed by atoms with Crippen molar-refractivity contribution in [1.82, 2.24) is 10.3 Å². The molecule has 0 saturated heterocycles. The van der Waals surface area contributed by atoms with Crippen molar-refractivity contribution in [3.8, 4) is 0 Å². The second-order valence-electron chi connectivity index (χ2n) is 5.03. The first-order valence-electron chi connectivity index (χ1n) is 6.85. The van der Waals surface area contributed by atoms with E-state index in [0.29, 0.717) is 0 Å². The highest BCUT2D eigenvalue weighted by Gasteiger charge is 2.17. The van der Waals surface area contributed by atoms with Crippen molar-refractivity contribution in [3.05, 3.63) is 64.5 Å². The zero-order valence-electron chi connectivity index (χ0n) is 12.2. The Morgan fingerprint density at radius 1 is 1.05 bits per heavy atom. The Morgan fingerprint density at radius 3 is 2.26 bits per heavy atom. The minimum absolute atomic E-state index is 0.222. The minimum Gasteiger partial charge on any atom is -0.306 e. The molecule has 0 fully saturated rings. The topological polar surface area (TPSA) is 24.9 Å². The van der Waals surface area contributed by atoms with Crippen LogP contribution in [0.15, 0.2) is 36.5 Å². The highest BCUT2D eigenvalue weighted by atomic mass is 14.9. The number of aromatic nitrogens is 1. The first-order valence-corrected chi connectivity index (χ1v) is 6.85. The monoisotopic (exact) mass is 254 g/mol. The van der Waals surface area contributed by atoms with Crippen LogP contribution in [0.3, 0.4) is 0 Å². The third-order valence-corrected chi connectivity index (χ3v) is 3.51. The molecular formula is C17H22N2. The fourth-order valence-electron chi connectivity index (χ4n) is 2.52. The summed E-state index contributed by atoms with van der Waals surface area (Å²) in [6.07, 6.45) is 1.98. The molecule has 0 bridgehead atoms. The third-order valence-electron chi connectivity index (χ3n) is 3.51. The van der Waals surface area contributed by atoms with Gasteiger partial charge in [0.15, 0.2) is 0 Å². The molecule has 2 aromatic rings. The van der Waals surface area contributed by atoms with E-state index in [2.05, 4.69) is 61.4 Å². The molecule has 1 heterocycles. The SMILES string of the molecule is CCNC(c1ccc(C)nc1)c1c(C)cccc1C. The summed E-state index contributed by atoms with van der Waals surface area (Å²) in [7, 11) is 0. The lowest BCUT2D eigenvalue weighted by molar-refractivity contribution is 0.622. The minimum atomic E-state index is 0.222. The van der Waals surface area contributed by atoms with Crippen LogP contribution in [0.25, 0.3) is 0 Å². The molecule has 1 atom stereocenters. The van der Waals surface area contributed by atoms with Crippen LogP contribution in [0.5, 0.6) is 0 Å². The van der Waals surface area contributed by atoms with Crippen molar-refractivity contribution < 1.29 is 0 Å². The summed E-state index contributed by atoms with van der Waals surface area (Å²) in [6.45, 7) is 9.45. The molecule has 1 aromatic carbocycles. The zero-order valence-corrected chi connectivity index (χ0v) is 12.2. The van der Waals surface area contributed by atoms with Crippen molar-refractivity contribution in [2.24, 2.45) is 0 Å². The van der Waals surface area contributed by atoms with Gasteiger partial charge in [0.2, 0.25) is 0 Å². The first-order chi connectivity index (χ1) is 9.13. The van der Waals surface area contributed by atoms with Crippen LogP contribution >= 0.6 is 0 Å². The highest BCUT2D eigenvalue weighted by Crippen LogP contribution is 2.27. The number of rotatable bonds is 4. The molecule has 0 saturated carbocycles. The fraction of sp³-hybridized carbons (Fsp3) is 0.353. The molecule has 0 amide bonds. The molecule has 1 N–H and O–H groups in total. The van der Waals surface area contributed by atoms with Gasteiger partial charge < -0.3 is 5.32 Å². The van der Waals surface area contributed by atoms with Crippen LogP contribution in [-0.4, -0.2) is 11.5 Å². The Labute approximate surface area is 115 Å². The molecule has 0 spiro atoms. The summed E-state index contributed by atoms with van der Waals surface area (Å²) in [6, 6.07) is 10.9. The summed E-state index contributed by atoms with van der Waals surface area (Å²) in [5.41, 5.74) is 6.30. The van der Waals surface area contributed by atoms with Crippen molar-refractivity contribution >= 4 is 0 Å². The number of aryl methyl sites for hydroxylation is 3. The first kappa shape index (κ1) is 13.8. The van der Waals surface area contributed by atoms with Gasteiger partial charge in [0.25, 0.3) is 0 Å². The highest BCUT2D eigenvalue weighted by molar-refractivity contribution is 5.41. The van der Waals surface area contributed by atoms with Crippen molar-refractivity contribution in [2.75, 3.05) is 6.54 Å². The summed E-state index contributed by atoms with van der Waals surface area (Å²) in [4.78, 5) is 4.43. The molecule has 2 heteroatoms. The molecule has 1 aromatic heterocycles. The summed E-state index contributed by atoms with van der Waals surface area (Å²) in [5.74, 6) is 0. The molecule has 0 radical (unpaired) electrons. The van der Waals surface area contributed by atoms with Gasteiger partial charge >= 0.3 is 0 Å². The van der Waals surface area contributed by atoms with Crippen LogP contribution in [-0.2, 0) is 0 Å². The van der Waals surface area contributed by atoms with E-state index in [1.165, 1.54) is 22.3 Å². The number of hydrogen-bond acceptors (Lipinski definition) is 2. The Morgan fingerprint density at radius 2 is 1.74 bits per heavy atom. The second kappa shape index (κ2) is 5.98. The maximum atomic E-state index is 4.43.